The first kappa shape index (κ1) is 24.5. The number of amides is 1. The van der Waals surface area contributed by atoms with E-state index in [-0.39, 0.29) is 31.0 Å². The maximum atomic E-state index is 12.8. The number of fused-ring (bicyclic) bond motifs is 1. The van der Waals surface area contributed by atoms with Crippen molar-refractivity contribution in [1.29, 1.82) is 0 Å². The molecular weight excluding hydrogens is 470 g/mol. The van der Waals surface area contributed by atoms with E-state index in [0.717, 1.165) is 4.88 Å². The monoisotopic (exact) mass is 493 g/mol. The van der Waals surface area contributed by atoms with Crippen LogP contribution >= 0.6 is 22.9 Å². The molecule has 3 aromatic rings. The van der Waals surface area contributed by atoms with Crippen LogP contribution in [-0.4, -0.2) is 54.2 Å². The number of aryl methyl sites for hydroxylation is 1. The summed E-state index contributed by atoms with van der Waals surface area (Å²) < 4.78 is 17.6. The van der Waals surface area contributed by atoms with Crippen molar-refractivity contribution in [1.82, 2.24) is 14.5 Å². The Hall–Kier alpha value is -3.11. The van der Waals surface area contributed by atoms with Crippen molar-refractivity contribution < 1.29 is 23.8 Å². The Morgan fingerprint density at radius 1 is 1.18 bits per heavy atom. The van der Waals surface area contributed by atoms with Crippen LogP contribution in [0.25, 0.3) is 10.9 Å². The molecule has 0 saturated carbocycles. The van der Waals surface area contributed by atoms with Gasteiger partial charge < -0.3 is 19.1 Å². The predicted molar refractivity (Wildman–Crippen MR) is 125 cm³/mol. The number of aromatic nitrogens is 2. The Labute approximate surface area is 199 Å². The largest absolute Gasteiger partial charge is 0.493 e. The molecule has 0 bridgehead atoms. The van der Waals surface area contributed by atoms with Crippen LogP contribution in [0.2, 0.25) is 4.34 Å². The minimum absolute atomic E-state index is 0.0634. The number of hydrogen-bond acceptors (Lipinski definition) is 8. The summed E-state index contributed by atoms with van der Waals surface area (Å²) in [4.78, 5) is 43.7. The molecule has 0 unspecified atom stereocenters. The van der Waals surface area contributed by atoms with E-state index >= 15 is 0 Å². The lowest BCUT2D eigenvalue weighted by atomic mass is 10.2. The van der Waals surface area contributed by atoms with Crippen molar-refractivity contribution in [2.24, 2.45) is 0 Å². The molecule has 9 nitrogen and oxygen atoms in total. The number of hydrogen-bond donors (Lipinski definition) is 0. The molecule has 0 aliphatic heterocycles. The van der Waals surface area contributed by atoms with Crippen molar-refractivity contribution >= 4 is 45.7 Å². The molecule has 0 radical (unpaired) electrons. The topological polar surface area (TPSA) is 100.0 Å². The van der Waals surface area contributed by atoms with Crippen LogP contribution in [0.1, 0.15) is 17.7 Å². The Balaban J connectivity index is 1.50. The predicted octanol–water partition coefficient (Wildman–Crippen LogP) is 3.11. The molecule has 2 heterocycles. The number of halogens is 1. The summed E-state index contributed by atoms with van der Waals surface area (Å²) in [5.74, 6) is 0.0927. The number of ether oxygens (including phenoxy) is 3. The second kappa shape index (κ2) is 11.2. The molecule has 0 spiro atoms. The van der Waals surface area contributed by atoms with E-state index in [2.05, 4.69) is 4.98 Å². The molecule has 3 rings (SSSR count). The molecule has 0 aliphatic carbocycles. The van der Waals surface area contributed by atoms with Crippen LogP contribution in [0.4, 0.5) is 0 Å². The average molecular weight is 494 g/mol. The highest BCUT2D eigenvalue weighted by atomic mass is 35.5. The summed E-state index contributed by atoms with van der Waals surface area (Å²) in [6, 6.07) is 6.83. The number of rotatable bonds is 10. The quantitative estimate of drug-likeness (QED) is 0.400. The van der Waals surface area contributed by atoms with Crippen molar-refractivity contribution in [3.63, 3.8) is 0 Å². The van der Waals surface area contributed by atoms with Crippen LogP contribution in [-0.2, 0) is 27.4 Å². The summed E-state index contributed by atoms with van der Waals surface area (Å²) in [5.41, 5.74) is 0.237. The van der Waals surface area contributed by atoms with Crippen LogP contribution < -0.4 is 15.0 Å². The molecule has 2 aromatic heterocycles. The molecule has 176 valence electrons. The van der Waals surface area contributed by atoms with Gasteiger partial charge in [0.1, 0.15) is 0 Å². The van der Waals surface area contributed by atoms with Crippen LogP contribution in [0, 0.1) is 0 Å². The van der Waals surface area contributed by atoms with Gasteiger partial charge in [-0.25, -0.2) is 4.98 Å². The molecule has 0 fully saturated rings. The first-order valence-electron chi connectivity index (χ1n) is 10.1. The highest BCUT2D eigenvalue weighted by molar-refractivity contribution is 7.16. The van der Waals surface area contributed by atoms with Crippen LogP contribution in [0.3, 0.4) is 0 Å². The molecule has 0 aliphatic rings. The fourth-order valence-corrected chi connectivity index (χ4v) is 4.26. The van der Waals surface area contributed by atoms with Gasteiger partial charge in [-0.2, -0.15) is 0 Å². The second-order valence-corrected chi connectivity index (χ2v) is 8.99. The normalized spacial score (nSPS) is 10.8. The average Bonchev–Trinajstić information content (AvgIpc) is 3.22. The molecule has 1 amide bonds. The molecule has 0 N–H and O–H groups in total. The fourth-order valence-electron chi connectivity index (χ4n) is 3.12. The molecule has 33 heavy (non-hydrogen) atoms. The van der Waals surface area contributed by atoms with Gasteiger partial charge in [-0.05, 0) is 24.6 Å². The van der Waals surface area contributed by atoms with Gasteiger partial charge in [-0.1, -0.05) is 11.6 Å². The zero-order valence-corrected chi connectivity index (χ0v) is 20.1. The minimum atomic E-state index is -0.510. The zero-order chi connectivity index (χ0) is 24.0. The van der Waals surface area contributed by atoms with Gasteiger partial charge in [0, 0.05) is 31.0 Å². The zero-order valence-electron chi connectivity index (χ0n) is 18.5. The number of methoxy groups -OCH3 is 2. The first-order chi connectivity index (χ1) is 15.8. The number of carbonyl (C=O) groups is 2. The maximum Gasteiger partial charge on any atom is 0.306 e. The van der Waals surface area contributed by atoms with E-state index in [4.69, 9.17) is 25.8 Å². The highest BCUT2D eigenvalue weighted by Gasteiger charge is 2.14. The maximum absolute atomic E-state index is 12.8. The van der Waals surface area contributed by atoms with Crippen molar-refractivity contribution in [2.45, 2.75) is 25.9 Å². The van der Waals surface area contributed by atoms with E-state index in [1.807, 2.05) is 6.07 Å². The molecule has 1 aromatic carbocycles. The van der Waals surface area contributed by atoms with Crippen molar-refractivity contribution in [3.05, 3.63) is 50.2 Å². The van der Waals surface area contributed by atoms with E-state index in [0.29, 0.717) is 39.7 Å². The lowest BCUT2D eigenvalue weighted by Gasteiger charge is -2.16. The lowest BCUT2D eigenvalue weighted by molar-refractivity contribution is -0.151. The number of carbonyl (C=O) groups excluding carboxylic acids is 2. The van der Waals surface area contributed by atoms with Crippen molar-refractivity contribution in [3.8, 4) is 11.5 Å². The summed E-state index contributed by atoms with van der Waals surface area (Å²) in [5, 5.41) is 0.387. The van der Waals surface area contributed by atoms with Gasteiger partial charge in [0.05, 0.1) is 42.3 Å². The fraction of sp³-hybridized carbons (Fsp3) is 0.364. The highest BCUT2D eigenvalue weighted by Crippen LogP contribution is 2.29. The Bertz CT molecular complexity index is 1210. The Morgan fingerprint density at radius 3 is 2.58 bits per heavy atom. The Kier molecular flexibility index (Phi) is 8.29. The molecular formula is C22H24ClN3O6S. The molecule has 11 heteroatoms. The van der Waals surface area contributed by atoms with E-state index in [9.17, 15) is 14.4 Å². The van der Waals surface area contributed by atoms with Crippen LogP contribution in [0.5, 0.6) is 11.5 Å². The molecule has 0 atom stereocenters. The van der Waals surface area contributed by atoms with Gasteiger partial charge in [0.25, 0.3) is 11.5 Å². The third kappa shape index (κ3) is 6.23. The number of likely N-dealkylation sites (N-methyl/N-ethyl adjacent to an activating group) is 1. The third-order valence-electron chi connectivity index (χ3n) is 4.91. The first-order valence-corrected chi connectivity index (χ1v) is 11.3. The van der Waals surface area contributed by atoms with E-state index < -0.39 is 5.97 Å². The third-order valence-corrected chi connectivity index (χ3v) is 6.13. The number of thiophene rings is 1. The van der Waals surface area contributed by atoms with Crippen LogP contribution in [0.15, 0.2) is 35.4 Å². The van der Waals surface area contributed by atoms with E-state index in [1.165, 1.54) is 41.4 Å². The standard InChI is InChI=1S/C22H24ClN3O6S/c1-25(11-14-6-7-19(23)33-14)20(27)12-32-21(28)5-4-8-26-13-24-16-10-18(31-3)17(30-2)9-15(16)22(26)29/h6-7,9-10,13H,4-5,8,11-12H2,1-3H3. The summed E-state index contributed by atoms with van der Waals surface area (Å²) >= 11 is 7.28. The summed E-state index contributed by atoms with van der Waals surface area (Å²) in [6.45, 7) is 0.327. The van der Waals surface area contributed by atoms with Gasteiger partial charge >= 0.3 is 5.97 Å². The van der Waals surface area contributed by atoms with Gasteiger partial charge in [0.2, 0.25) is 0 Å². The SMILES string of the molecule is COc1cc2ncn(CCCC(=O)OCC(=O)N(C)Cc3ccc(Cl)s3)c(=O)c2cc1OC. The van der Waals surface area contributed by atoms with Crippen molar-refractivity contribution in [2.75, 3.05) is 27.9 Å². The second-order valence-electron chi connectivity index (χ2n) is 7.19. The summed E-state index contributed by atoms with van der Waals surface area (Å²) in [7, 11) is 4.63. The number of esters is 1. The lowest BCUT2D eigenvalue weighted by Crippen LogP contribution is -2.30. The van der Waals surface area contributed by atoms with Gasteiger partial charge in [-0.3, -0.25) is 19.0 Å². The van der Waals surface area contributed by atoms with Gasteiger partial charge in [-0.15, -0.1) is 11.3 Å². The van der Waals surface area contributed by atoms with E-state index in [1.54, 1.807) is 25.2 Å². The summed E-state index contributed by atoms with van der Waals surface area (Å²) in [6.07, 6.45) is 1.85. The van der Waals surface area contributed by atoms with Gasteiger partial charge in [0.15, 0.2) is 18.1 Å². The minimum Gasteiger partial charge on any atom is -0.493 e. The molecule has 0 saturated heterocycles. The Morgan fingerprint density at radius 2 is 1.91 bits per heavy atom. The smallest absolute Gasteiger partial charge is 0.306 e. The number of nitrogens with zero attached hydrogens (tertiary/aromatic N) is 3. The number of benzene rings is 1.